The Morgan fingerprint density at radius 3 is 2.89 bits per heavy atom. The molecule has 2 aliphatic heterocycles. The Morgan fingerprint density at radius 2 is 2.11 bits per heavy atom. The summed E-state index contributed by atoms with van der Waals surface area (Å²) >= 11 is 1.95. The van der Waals surface area contributed by atoms with Gasteiger partial charge in [0, 0.05) is 25.8 Å². The van der Waals surface area contributed by atoms with Crippen LogP contribution in [0.1, 0.15) is 76.8 Å². The van der Waals surface area contributed by atoms with Crippen LogP contribution < -0.4 is 4.57 Å². The normalized spacial score (nSPS) is 30.9. The van der Waals surface area contributed by atoms with Gasteiger partial charge < -0.3 is 4.74 Å². The highest BCUT2D eigenvalue weighted by Gasteiger charge is 2.58. The quantitative estimate of drug-likeness (QED) is 0.538. The van der Waals surface area contributed by atoms with Crippen molar-refractivity contribution in [3.8, 4) is 0 Å². The summed E-state index contributed by atoms with van der Waals surface area (Å²) in [6.07, 6.45) is 13.0. The van der Waals surface area contributed by atoms with Gasteiger partial charge in [-0.15, -0.1) is 0 Å². The monoisotopic (exact) mass is 394 g/mol. The fourth-order valence-electron chi connectivity index (χ4n) is 5.43. The summed E-state index contributed by atoms with van der Waals surface area (Å²) in [4.78, 5) is 0. The number of unbranched alkanes of at least 4 members (excludes halogenated alkanes) is 1. The Balaban J connectivity index is 1.73. The van der Waals surface area contributed by atoms with E-state index in [9.17, 15) is 0 Å². The summed E-state index contributed by atoms with van der Waals surface area (Å²) in [5, 5.41) is 1.40. The average Bonchev–Trinajstić information content (AvgIpc) is 3.00. The van der Waals surface area contributed by atoms with Crippen LogP contribution in [-0.4, -0.2) is 5.60 Å². The fourth-order valence-corrected chi connectivity index (χ4v) is 6.71. The van der Waals surface area contributed by atoms with E-state index in [1.165, 1.54) is 51.4 Å². The lowest BCUT2D eigenvalue weighted by atomic mass is 9.76. The minimum atomic E-state index is -0.204. The zero-order valence-corrected chi connectivity index (χ0v) is 18.5. The highest BCUT2D eigenvalue weighted by Crippen LogP contribution is 2.48. The van der Waals surface area contributed by atoms with E-state index in [0.29, 0.717) is 5.92 Å². The predicted molar refractivity (Wildman–Crippen MR) is 117 cm³/mol. The van der Waals surface area contributed by atoms with Crippen molar-refractivity contribution < 1.29 is 9.30 Å². The molecule has 2 nitrogen and oxygen atoms in total. The molecular formula is C25H32NOS+. The Morgan fingerprint density at radius 1 is 1.25 bits per heavy atom. The Bertz CT molecular complexity index is 999. The van der Waals surface area contributed by atoms with Crippen LogP contribution in [0, 0.1) is 5.92 Å². The second-order valence-corrected chi connectivity index (χ2v) is 10.3. The van der Waals surface area contributed by atoms with Gasteiger partial charge >= 0.3 is 0 Å². The summed E-state index contributed by atoms with van der Waals surface area (Å²) in [5.74, 6) is 1.85. The van der Waals surface area contributed by atoms with E-state index in [2.05, 4.69) is 62.6 Å². The van der Waals surface area contributed by atoms with Crippen LogP contribution in [0.25, 0.3) is 15.8 Å². The maximum Gasteiger partial charge on any atom is 0.274 e. The summed E-state index contributed by atoms with van der Waals surface area (Å²) in [6, 6.07) is 7.09. The highest BCUT2D eigenvalue weighted by atomic mass is 32.1. The van der Waals surface area contributed by atoms with Crippen molar-refractivity contribution >= 4 is 27.1 Å². The Hall–Kier alpha value is -1.61. The van der Waals surface area contributed by atoms with Gasteiger partial charge in [-0.05, 0) is 49.8 Å². The van der Waals surface area contributed by atoms with E-state index < -0.39 is 0 Å². The van der Waals surface area contributed by atoms with Crippen molar-refractivity contribution in [1.29, 1.82) is 0 Å². The molecule has 1 aromatic heterocycles. The second-order valence-electron chi connectivity index (χ2n) is 9.31. The molecule has 2 aromatic rings. The summed E-state index contributed by atoms with van der Waals surface area (Å²) < 4.78 is 11.1. The van der Waals surface area contributed by atoms with Gasteiger partial charge in [-0.2, -0.15) is 4.57 Å². The Kier molecular flexibility index (Phi) is 4.24. The van der Waals surface area contributed by atoms with Crippen molar-refractivity contribution in [2.24, 2.45) is 5.92 Å². The number of aromatic nitrogens is 1. The van der Waals surface area contributed by atoms with Crippen LogP contribution in [0.3, 0.4) is 0 Å². The van der Waals surface area contributed by atoms with E-state index in [1.54, 1.807) is 0 Å². The third-order valence-corrected chi connectivity index (χ3v) is 8.83. The van der Waals surface area contributed by atoms with Crippen molar-refractivity contribution in [2.75, 3.05) is 0 Å². The van der Waals surface area contributed by atoms with Gasteiger partial charge in [-0.3, -0.25) is 0 Å². The molecule has 5 rings (SSSR count). The van der Waals surface area contributed by atoms with Crippen LogP contribution >= 0.6 is 11.3 Å². The number of benzene rings is 1. The average molecular weight is 395 g/mol. The standard InChI is InChI=1S/C25H32NOS/c1-5-7-8-17-9-11-19-21(16-17)27-25(4,6-2)24(3)14-13-18-10-12-22-20(15-18)26(24)23(19)28-22/h9-12,15,17H,5-8,13-14,16H2,1-4H3/q+1. The molecular weight excluding hydrogens is 362 g/mol. The predicted octanol–water partition coefficient (Wildman–Crippen LogP) is 6.53. The topological polar surface area (TPSA) is 13.1 Å². The van der Waals surface area contributed by atoms with Crippen molar-refractivity contribution in [3.63, 3.8) is 0 Å². The number of hydrogen-bond acceptors (Lipinski definition) is 2. The lowest BCUT2D eigenvalue weighted by molar-refractivity contribution is -0.752. The number of thiazole rings is 1. The van der Waals surface area contributed by atoms with Crippen molar-refractivity contribution in [3.05, 3.63) is 46.7 Å². The number of rotatable bonds is 4. The molecule has 0 amide bonds. The molecule has 3 heteroatoms. The van der Waals surface area contributed by atoms with Gasteiger partial charge in [-0.1, -0.05) is 50.2 Å². The van der Waals surface area contributed by atoms with Crippen LogP contribution in [0.4, 0.5) is 0 Å². The molecule has 1 aromatic carbocycles. The van der Waals surface area contributed by atoms with Crippen LogP contribution in [0.2, 0.25) is 0 Å². The molecule has 2 bridgehead atoms. The second kappa shape index (κ2) is 6.45. The first-order valence-corrected chi connectivity index (χ1v) is 11.9. The highest BCUT2D eigenvalue weighted by molar-refractivity contribution is 7.19. The molecule has 28 heavy (non-hydrogen) atoms. The molecule has 0 saturated heterocycles. The zero-order chi connectivity index (χ0) is 19.5. The van der Waals surface area contributed by atoms with Crippen LogP contribution in [-0.2, 0) is 16.7 Å². The molecule has 0 fully saturated rings. The SMILES string of the molecule is CCCCC1C=CC2=C(C1)OC(C)(CC)C1(C)CCc3ccc4sc2[n+]1c4c3. The third-order valence-electron chi connectivity index (χ3n) is 7.67. The van der Waals surface area contributed by atoms with E-state index >= 15 is 0 Å². The number of allylic oxidation sites excluding steroid dienone is 4. The van der Waals surface area contributed by atoms with Crippen molar-refractivity contribution in [2.45, 2.75) is 83.8 Å². The maximum absolute atomic E-state index is 7.02. The lowest BCUT2D eigenvalue weighted by Gasteiger charge is -2.40. The van der Waals surface area contributed by atoms with Gasteiger partial charge in [-0.25, -0.2) is 0 Å². The third kappa shape index (κ3) is 2.48. The van der Waals surface area contributed by atoms with E-state index in [4.69, 9.17) is 4.74 Å². The smallest absolute Gasteiger partial charge is 0.274 e. The summed E-state index contributed by atoms with van der Waals surface area (Å²) in [5.41, 5.74) is 3.94. The molecule has 1 aliphatic carbocycles. The molecule has 3 unspecified atom stereocenters. The van der Waals surface area contributed by atoms with Crippen LogP contribution in [0.5, 0.6) is 0 Å². The number of ether oxygens (including phenoxy) is 1. The molecule has 0 N–H and O–H groups in total. The minimum Gasteiger partial charge on any atom is -0.484 e. The largest absolute Gasteiger partial charge is 0.484 e. The molecule has 148 valence electrons. The summed E-state index contributed by atoms with van der Waals surface area (Å²) in [6.45, 7) is 9.38. The minimum absolute atomic E-state index is 0.0461. The maximum atomic E-state index is 7.02. The van der Waals surface area contributed by atoms with Gasteiger partial charge in [0.1, 0.15) is 10.5 Å². The van der Waals surface area contributed by atoms with Crippen LogP contribution in [0.15, 0.2) is 36.1 Å². The number of aryl methyl sites for hydroxylation is 1. The lowest BCUT2D eigenvalue weighted by Crippen LogP contribution is -2.66. The first-order valence-electron chi connectivity index (χ1n) is 11.1. The number of hydrogen-bond donors (Lipinski definition) is 0. The van der Waals surface area contributed by atoms with E-state index in [1.807, 2.05) is 11.3 Å². The number of fused-ring (bicyclic) bond motifs is 2. The fraction of sp³-hybridized carbons (Fsp3) is 0.560. The summed E-state index contributed by atoms with van der Waals surface area (Å²) in [7, 11) is 0. The van der Waals surface area contributed by atoms with Gasteiger partial charge in [0.05, 0.1) is 5.57 Å². The molecule has 3 aliphatic rings. The first kappa shape index (κ1) is 18.4. The first-order chi connectivity index (χ1) is 13.5. The van der Waals surface area contributed by atoms with E-state index in [-0.39, 0.29) is 11.1 Å². The molecule has 0 radical (unpaired) electrons. The molecule has 0 spiro atoms. The molecule has 0 saturated carbocycles. The van der Waals surface area contributed by atoms with E-state index in [0.717, 1.165) is 25.7 Å². The molecule has 3 heterocycles. The van der Waals surface area contributed by atoms with Gasteiger partial charge in [0.15, 0.2) is 5.60 Å². The van der Waals surface area contributed by atoms with Gasteiger partial charge in [0.25, 0.3) is 5.01 Å². The Labute approximate surface area is 172 Å². The number of nitrogens with zero attached hydrogens (tertiary/aromatic N) is 1. The van der Waals surface area contributed by atoms with Gasteiger partial charge in [0.2, 0.25) is 11.1 Å². The van der Waals surface area contributed by atoms with Crippen molar-refractivity contribution in [1.82, 2.24) is 0 Å². The molecule has 3 atom stereocenters. The zero-order valence-electron chi connectivity index (χ0n) is 17.7.